The molecule has 1 amide bonds. The van der Waals surface area contributed by atoms with Crippen molar-refractivity contribution in [2.75, 3.05) is 24.6 Å². The van der Waals surface area contributed by atoms with Crippen molar-refractivity contribution in [2.45, 2.75) is 31.6 Å². The lowest BCUT2D eigenvalue weighted by molar-refractivity contribution is -0.136. The summed E-state index contributed by atoms with van der Waals surface area (Å²) in [6.07, 6.45) is 2.09. The molecule has 0 bridgehead atoms. The number of likely N-dealkylation sites (tertiary alicyclic amines) is 1. The molecule has 1 unspecified atom stereocenters. The smallest absolute Gasteiger partial charge is 0.226 e. The zero-order valence-electron chi connectivity index (χ0n) is 15.4. The summed E-state index contributed by atoms with van der Waals surface area (Å²) < 4.78 is 23.5. The number of aryl methyl sites for hydroxylation is 1. The molecule has 144 valence electrons. The zero-order valence-corrected chi connectivity index (χ0v) is 17.1. The fraction of sp³-hybridized carbons (Fsp3) is 0.500. The van der Waals surface area contributed by atoms with Crippen LogP contribution in [0.25, 0.3) is 0 Å². The molecular formula is C20H24N2O3S2. The van der Waals surface area contributed by atoms with Crippen molar-refractivity contribution >= 4 is 27.1 Å². The van der Waals surface area contributed by atoms with Gasteiger partial charge in [0.05, 0.1) is 28.1 Å². The quantitative estimate of drug-likeness (QED) is 0.789. The maximum Gasteiger partial charge on any atom is 0.226 e. The number of hydrogen-bond donors (Lipinski definition) is 0. The molecule has 2 saturated heterocycles. The Bertz CT molecular complexity index is 929. The third-order valence-electron chi connectivity index (χ3n) is 5.95. The van der Waals surface area contributed by atoms with Crippen LogP contribution in [0.15, 0.2) is 35.7 Å². The van der Waals surface area contributed by atoms with E-state index in [9.17, 15) is 13.2 Å². The fourth-order valence-electron chi connectivity index (χ4n) is 4.39. The van der Waals surface area contributed by atoms with Gasteiger partial charge < -0.3 is 4.90 Å². The number of carbonyl (C=O) groups excluding carboxylic acids is 1. The van der Waals surface area contributed by atoms with E-state index in [0.29, 0.717) is 19.5 Å². The third kappa shape index (κ3) is 3.55. The van der Waals surface area contributed by atoms with Crippen LogP contribution in [0.5, 0.6) is 0 Å². The maximum atomic E-state index is 12.8. The van der Waals surface area contributed by atoms with E-state index in [-0.39, 0.29) is 28.7 Å². The lowest BCUT2D eigenvalue weighted by Gasteiger charge is -2.42. The van der Waals surface area contributed by atoms with Crippen LogP contribution in [-0.2, 0) is 20.0 Å². The van der Waals surface area contributed by atoms with Gasteiger partial charge in [-0.1, -0.05) is 30.3 Å². The van der Waals surface area contributed by atoms with E-state index in [0.717, 1.165) is 23.5 Å². The van der Waals surface area contributed by atoms with Crippen LogP contribution >= 0.6 is 11.3 Å². The number of thiazole rings is 1. The number of piperidine rings is 1. The Morgan fingerprint density at radius 3 is 2.48 bits per heavy atom. The molecule has 0 saturated carbocycles. The number of carbonyl (C=O) groups is 1. The van der Waals surface area contributed by atoms with Crippen molar-refractivity contribution in [3.63, 3.8) is 0 Å². The normalized spacial score (nSPS) is 24.0. The fourth-order valence-corrected chi connectivity index (χ4v) is 6.83. The average molecular weight is 405 g/mol. The standard InChI is InChI=1S/C20H24N2O3S2/c1-15-21-18(13-26-15)20(17-5-3-2-4-6-17)8-10-22(11-9-20)19(23)16-7-12-27(24,25)14-16/h2-6,13,16H,7-12,14H2,1H3. The number of nitrogens with zero attached hydrogens (tertiary/aromatic N) is 2. The highest BCUT2D eigenvalue weighted by molar-refractivity contribution is 7.91. The van der Waals surface area contributed by atoms with Crippen molar-refractivity contribution in [3.05, 3.63) is 52.0 Å². The maximum absolute atomic E-state index is 12.8. The lowest BCUT2D eigenvalue weighted by atomic mass is 9.70. The van der Waals surface area contributed by atoms with Crippen molar-refractivity contribution in [2.24, 2.45) is 5.92 Å². The van der Waals surface area contributed by atoms with Gasteiger partial charge in [-0.2, -0.15) is 0 Å². The molecule has 3 heterocycles. The van der Waals surface area contributed by atoms with Crippen LogP contribution in [-0.4, -0.2) is 48.8 Å². The molecule has 7 heteroatoms. The largest absolute Gasteiger partial charge is 0.342 e. The van der Waals surface area contributed by atoms with E-state index in [1.807, 2.05) is 17.9 Å². The summed E-state index contributed by atoms with van der Waals surface area (Å²) in [5.74, 6) is -0.200. The minimum Gasteiger partial charge on any atom is -0.342 e. The van der Waals surface area contributed by atoms with Gasteiger partial charge >= 0.3 is 0 Å². The van der Waals surface area contributed by atoms with Gasteiger partial charge in [0, 0.05) is 23.9 Å². The Morgan fingerprint density at radius 1 is 1.22 bits per heavy atom. The van der Waals surface area contributed by atoms with Crippen LogP contribution in [0.3, 0.4) is 0 Å². The Kier molecular flexibility index (Phi) is 4.84. The third-order valence-corrected chi connectivity index (χ3v) is 8.49. The van der Waals surface area contributed by atoms with Gasteiger partial charge in [0.1, 0.15) is 0 Å². The molecule has 0 N–H and O–H groups in total. The minimum absolute atomic E-state index is 0.00666. The van der Waals surface area contributed by atoms with E-state index >= 15 is 0 Å². The lowest BCUT2D eigenvalue weighted by Crippen LogP contribution is -2.48. The van der Waals surface area contributed by atoms with E-state index < -0.39 is 9.84 Å². The molecule has 27 heavy (non-hydrogen) atoms. The van der Waals surface area contributed by atoms with Gasteiger partial charge in [0.2, 0.25) is 5.91 Å². The monoisotopic (exact) mass is 404 g/mol. The van der Waals surface area contributed by atoms with Crippen LogP contribution in [0.4, 0.5) is 0 Å². The first-order valence-electron chi connectivity index (χ1n) is 9.37. The van der Waals surface area contributed by atoms with E-state index in [1.165, 1.54) is 5.56 Å². The molecule has 0 radical (unpaired) electrons. The van der Waals surface area contributed by atoms with Gasteiger partial charge in [0.25, 0.3) is 0 Å². The second-order valence-corrected chi connectivity index (χ2v) is 10.9. The van der Waals surface area contributed by atoms with Gasteiger partial charge in [-0.25, -0.2) is 13.4 Å². The van der Waals surface area contributed by atoms with Gasteiger partial charge in [-0.15, -0.1) is 11.3 Å². The van der Waals surface area contributed by atoms with E-state index in [4.69, 9.17) is 4.98 Å². The topological polar surface area (TPSA) is 67.3 Å². The van der Waals surface area contributed by atoms with Gasteiger partial charge in [-0.05, 0) is 31.7 Å². The molecule has 1 atom stereocenters. The van der Waals surface area contributed by atoms with Gasteiger partial charge in [0.15, 0.2) is 9.84 Å². The number of benzene rings is 1. The van der Waals surface area contributed by atoms with Crippen LogP contribution in [0.2, 0.25) is 0 Å². The first-order chi connectivity index (χ1) is 12.9. The van der Waals surface area contributed by atoms with Crippen LogP contribution < -0.4 is 0 Å². The Morgan fingerprint density at radius 2 is 1.93 bits per heavy atom. The molecule has 2 aliphatic heterocycles. The molecular weight excluding hydrogens is 380 g/mol. The predicted octanol–water partition coefficient (Wildman–Crippen LogP) is 2.79. The summed E-state index contributed by atoms with van der Waals surface area (Å²) in [5.41, 5.74) is 2.16. The summed E-state index contributed by atoms with van der Waals surface area (Å²) >= 11 is 1.66. The number of amides is 1. The summed E-state index contributed by atoms with van der Waals surface area (Å²) in [7, 11) is -3.04. The average Bonchev–Trinajstić information content (AvgIpc) is 3.27. The summed E-state index contributed by atoms with van der Waals surface area (Å²) in [4.78, 5) is 19.5. The second-order valence-electron chi connectivity index (χ2n) is 7.63. The van der Waals surface area contributed by atoms with Crippen molar-refractivity contribution in [1.82, 2.24) is 9.88 Å². The molecule has 2 fully saturated rings. The highest BCUT2D eigenvalue weighted by atomic mass is 32.2. The molecule has 0 spiro atoms. The molecule has 2 aromatic rings. The van der Waals surface area contributed by atoms with Crippen LogP contribution in [0.1, 0.15) is 35.5 Å². The second kappa shape index (κ2) is 7.02. The van der Waals surface area contributed by atoms with Crippen molar-refractivity contribution < 1.29 is 13.2 Å². The minimum atomic E-state index is -3.04. The van der Waals surface area contributed by atoms with Crippen molar-refractivity contribution in [1.29, 1.82) is 0 Å². The molecule has 1 aromatic carbocycles. The molecule has 4 rings (SSSR count). The Labute approximate surface area is 164 Å². The highest BCUT2D eigenvalue weighted by Crippen LogP contribution is 2.42. The Balaban J connectivity index is 1.56. The molecule has 0 aliphatic carbocycles. The predicted molar refractivity (Wildman–Crippen MR) is 107 cm³/mol. The summed E-state index contributed by atoms with van der Waals surface area (Å²) in [6, 6.07) is 10.4. The molecule has 1 aromatic heterocycles. The molecule has 2 aliphatic rings. The highest BCUT2D eigenvalue weighted by Gasteiger charge is 2.43. The van der Waals surface area contributed by atoms with E-state index in [2.05, 4.69) is 29.6 Å². The molecule has 5 nitrogen and oxygen atoms in total. The van der Waals surface area contributed by atoms with Gasteiger partial charge in [-0.3, -0.25) is 4.79 Å². The number of sulfone groups is 1. The first-order valence-corrected chi connectivity index (χ1v) is 12.1. The summed E-state index contributed by atoms with van der Waals surface area (Å²) in [5, 5.41) is 3.19. The number of hydrogen-bond acceptors (Lipinski definition) is 5. The van der Waals surface area contributed by atoms with Crippen LogP contribution in [0, 0.1) is 12.8 Å². The number of aromatic nitrogens is 1. The SMILES string of the molecule is Cc1nc(C2(c3ccccc3)CCN(C(=O)C3CCS(=O)(=O)C3)CC2)cs1. The zero-order chi connectivity index (χ0) is 19.1. The van der Waals surface area contributed by atoms with E-state index in [1.54, 1.807) is 11.3 Å². The van der Waals surface area contributed by atoms with Crippen molar-refractivity contribution in [3.8, 4) is 0 Å². The summed E-state index contributed by atoms with van der Waals surface area (Å²) in [6.45, 7) is 3.30. The number of rotatable bonds is 3. The first kappa shape index (κ1) is 18.6. The Hall–Kier alpha value is -1.73.